The van der Waals surface area contributed by atoms with Gasteiger partial charge in [0.1, 0.15) is 5.54 Å². The Morgan fingerprint density at radius 1 is 0.885 bits per heavy atom. The largest absolute Gasteiger partial charge is 0.325 e. The van der Waals surface area contributed by atoms with Crippen molar-refractivity contribution in [2.75, 3.05) is 13.1 Å². The molecule has 0 atom stereocenters. The van der Waals surface area contributed by atoms with Crippen molar-refractivity contribution in [3.63, 3.8) is 0 Å². The Morgan fingerprint density at radius 2 is 1.42 bits per heavy atom. The van der Waals surface area contributed by atoms with Crippen LogP contribution in [0.5, 0.6) is 0 Å². The monoisotopic (exact) mass is 365 g/mol. The molecule has 0 aromatic carbocycles. The lowest BCUT2D eigenvalue weighted by Gasteiger charge is -2.57. The van der Waals surface area contributed by atoms with Gasteiger partial charge in [-0.15, -0.1) is 0 Å². The molecule has 2 fully saturated rings. The van der Waals surface area contributed by atoms with E-state index in [2.05, 4.69) is 51.8 Å². The van der Waals surface area contributed by atoms with Crippen LogP contribution in [-0.2, 0) is 4.79 Å². The Morgan fingerprint density at radius 3 is 1.96 bits per heavy atom. The third-order valence-corrected chi connectivity index (χ3v) is 6.23. The SMILES string of the molecule is CCCCCCCCN1C(=O)NC2(CC(C)(C)N(CC)C(C)(C)C2)C1=O. The third-order valence-electron chi connectivity index (χ3n) is 6.23. The first-order valence-electron chi connectivity index (χ1n) is 10.5. The van der Waals surface area contributed by atoms with E-state index >= 15 is 0 Å². The molecule has 150 valence electrons. The second-order valence-corrected chi connectivity index (χ2v) is 9.46. The number of carbonyl (C=O) groups is 2. The highest BCUT2D eigenvalue weighted by Gasteiger charge is 2.60. The Kier molecular flexibility index (Phi) is 6.42. The number of imide groups is 1. The summed E-state index contributed by atoms with van der Waals surface area (Å²) in [5, 5.41) is 3.10. The zero-order valence-corrected chi connectivity index (χ0v) is 17.8. The minimum absolute atomic E-state index is 0.00652. The van der Waals surface area contributed by atoms with Crippen LogP contribution in [0.15, 0.2) is 0 Å². The molecule has 2 aliphatic heterocycles. The van der Waals surface area contributed by atoms with Crippen LogP contribution >= 0.6 is 0 Å². The topological polar surface area (TPSA) is 52.7 Å². The third kappa shape index (κ3) is 4.08. The molecule has 2 saturated heterocycles. The number of rotatable bonds is 8. The lowest BCUT2D eigenvalue weighted by atomic mass is 9.69. The van der Waals surface area contributed by atoms with E-state index in [1.54, 1.807) is 0 Å². The highest BCUT2D eigenvalue weighted by Crippen LogP contribution is 2.45. The zero-order chi connectivity index (χ0) is 19.6. The van der Waals surface area contributed by atoms with Gasteiger partial charge in [-0.2, -0.15) is 0 Å². The molecular formula is C21H39N3O2. The van der Waals surface area contributed by atoms with Crippen LogP contribution in [-0.4, -0.2) is 51.4 Å². The fraction of sp³-hybridized carbons (Fsp3) is 0.905. The molecule has 2 aliphatic rings. The molecule has 0 aromatic rings. The van der Waals surface area contributed by atoms with Gasteiger partial charge in [-0.05, 0) is 53.5 Å². The first-order valence-corrected chi connectivity index (χ1v) is 10.5. The average molecular weight is 366 g/mol. The van der Waals surface area contributed by atoms with Crippen molar-refractivity contribution in [1.82, 2.24) is 15.1 Å². The summed E-state index contributed by atoms with van der Waals surface area (Å²) < 4.78 is 0. The molecular weight excluding hydrogens is 326 g/mol. The number of likely N-dealkylation sites (tertiary alicyclic amines) is 1. The first-order chi connectivity index (χ1) is 12.1. The van der Waals surface area contributed by atoms with Gasteiger partial charge in [0.2, 0.25) is 0 Å². The molecule has 0 unspecified atom stereocenters. The molecule has 5 heteroatoms. The normalized spacial score (nSPS) is 24.3. The lowest BCUT2D eigenvalue weighted by Crippen LogP contribution is -2.69. The molecule has 0 radical (unpaired) electrons. The number of unbranched alkanes of at least 4 members (excludes halogenated alkanes) is 5. The van der Waals surface area contributed by atoms with Crippen molar-refractivity contribution in [3.05, 3.63) is 0 Å². The van der Waals surface area contributed by atoms with Crippen molar-refractivity contribution in [1.29, 1.82) is 0 Å². The fourth-order valence-corrected chi connectivity index (χ4v) is 5.57. The van der Waals surface area contributed by atoms with Gasteiger partial charge >= 0.3 is 6.03 Å². The van der Waals surface area contributed by atoms with E-state index in [0.717, 1.165) is 19.4 Å². The van der Waals surface area contributed by atoms with Gasteiger partial charge in [-0.25, -0.2) is 4.79 Å². The van der Waals surface area contributed by atoms with Gasteiger partial charge in [0.25, 0.3) is 5.91 Å². The van der Waals surface area contributed by atoms with E-state index in [4.69, 9.17) is 0 Å². The minimum atomic E-state index is -0.738. The summed E-state index contributed by atoms with van der Waals surface area (Å²) in [5.41, 5.74) is -0.997. The van der Waals surface area contributed by atoms with Gasteiger partial charge < -0.3 is 5.32 Å². The Bertz CT molecular complexity index is 509. The number of nitrogens with zero attached hydrogens (tertiary/aromatic N) is 2. The number of urea groups is 1. The number of nitrogens with one attached hydrogen (secondary N) is 1. The van der Waals surface area contributed by atoms with Gasteiger partial charge in [-0.3, -0.25) is 14.6 Å². The maximum absolute atomic E-state index is 13.3. The smallest absolute Gasteiger partial charge is 0.323 e. The van der Waals surface area contributed by atoms with E-state index in [1.165, 1.54) is 30.6 Å². The van der Waals surface area contributed by atoms with Crippen LogP contribution in [0.4, 0.5) is 4.79 Å². The molecule has 5 nitrogen and oxygen atoms in total. The van der Waals surface area contributed by atoms with E-state index in [9.17, 15) is 9.59 Å². The summed E-state index contributed by atoms with van der Waals surface area (Å²) in [6, 6.07) is -0.194. The van der Waals surface area contributed by atoms with Crippen molar-refractivity contribution < 1.29 is 9.59 Å². The molecule has 0 bridgehead atoms. The molecule has 1 N–H and O–H groups in total. The number of amides is 3. The zero-order valence-electron chi connectivity index (χ0n) is 17.8. The highest BCUT2D eigenvalue weighted by atomic mass is 16.2. The number of hydrogen-bond donors (Lipinski definition) is 1. The quantitative estimate of drug-likeness (QED) is 0.515. The molecule has 1 spiro atoms. The Hall–Kier alpha value is -1.10. The molecule has 0 saturated carbocycles. The molecule has 2 rings (SSSR count). The van der Waals surface area contributed by atoms with Crippen LogP contribution < -0.4 is 5.32 Å². The minimum Gasteiger partial charge on any atom is -0.323 e. The maximum Gasteiger partial charge on any atom is 0.325 e. The van der Waals surface area contributed by atoms with Crippen molar-refractivity contribution in [3.8, 4) is 0 Å². The summed E-state index contributed by atoms with van der Waals surface area (Å²) >= 11 is 0. The predicted molar refractivity (Wildman–Crippen MR) is 106 cm³/mol. The van der Waals surface area contributed by atoms with E-state index < -0.39 is 5.54 Å². The number of carbonyl (C=O) groups excluding carboxylic acids is 2. The molecule has 2 heterocycles. The number of hydrogen-bond acceptors (Lipinski definition) is 3. The Labute approximate surface area is 159 Å². The van der Waals surface area contributed by atoms with Crippen LogP contribution in [0, 0.1) is 0 Å². The lowest BCUT2D eigenvalue weighted by molar-refractivity contribution is -0.140. The van der Waals surface area contributed by atoms with E-state index in [1.807, 2.05) is 0 Å². The van der Waals surface area contributed by atoms with Crippen LogP contribution in [0.2, 0.25) is 0 Å². The van der Waals surface area contributed by atoms with E-state index in [0.29, 0.717) is 19.4 Å². The standard InChI is InChI=1S/C21H39N3O2/c1-7-9-10-11-12-13-14-23-17(25)21(22-18(23)26)15-19(3,4)24(8-2)20(5,6)16-21/h7-16H2,1-6H3,(H,22,26). The number of piperidine rings is 1. The van der Waals surface area contributed by atoms with Crippen LogP contribution in [0.25, 0.3) is 0 Å². The highest BCUT2D eigenvalue weighted by molar-refractivity contribution is 6.07. The van der Waals surface area contributed by atoms with E-state index in [-0.39, 0.29) is 23.0 Å². The summed E-state index contributed by atoms with van der Waals surface area (Å²) in [6.45, 7) is 14.6. The first kappa shape index (κ1) is 21.2. The molecule has 0 aromatic heterocycles. The van der Waals surface area contributed by atoms with Gasteiger partial charge in [0.15, 0.2) is 0 Å². The second kappa shape index (κ2) is 7.87. The van der Waals surface area contributed by atoms with Crippen LogP contribution in [0.1, 0.15) is 92.9 Å². The van der Waals surface area contributed by atoms with Crippen molar-refractivity contribution in [2.45, 2.75) is 110 Å². The van der Waals surface area contributed by atoms with Crippen molar-refractivity contribution >= 4 is 11.9 Å². The summed E-state index contributed by atoms with van der Waals surface area (Å²) in [7, 11) is 0. The van der Waals surface area contributed by atoms with Gasteiger partial charge in [-0.1, -0.05) is 46.0 Å². The molecule has 3 amide bonds. The maximum atomic E-state index is 13.3. The van der Waals surface area contributed by atoms with Gasteiger partial charge in [0.05, 0.1) is 0 Å². The Balaban J connectivity index is 2.05. The van der Waals surface area contributed by atoms with Crippen LogP contribution in [0.3, 0.4) is 0 Å². The van der Waals surface area contributed by atoms with Gasteiger partial charge in [0, 0.05) is 17.6 Å². The summed E-state index contributed by atoms with van der Waals surface area (Å²) in [6.07, 6.45) is 8.28. The summed E-state index contributed by atoms with van der Waals surface area (Å²) in [4.78, 5) is 29.8. The molecule has 26 heavy (non-hydrogen) atoms. The summed E-state index contributed by atoms with van der Waals surface area (Å²) in [5.74, 6) is -0.00652. The second-order valence-electron chi connectivity index (χ2n) is 9.46. The molecule has 0 aliphatic carbocycles. The van der Waals surface area contributed by atoms with Crippen molar-refractivity contribution in [2.24, 2.45) is 0 Å². The fourth-order valence-electron chi connectivity index (χ4n) is 5.57. The average Bonchev–Trinajstić information content (AvgIpc) is 2.71. The predicted octanol–water partition coefficient (Wildman–Crippen LogP) is 4.31.